The van der Waals surface area contributed by atoms with Gasteiger partial charge >= 0.3 is 6.09 Å². The molecule has 0 radical (unpaired) electrons. The number of fused-ring (bicyclic) bond motifs is 3. The highest BCUT2D eigenvalue weighted by Gasteiger charge is 2.63. The highest BCUT2D eigenvalue weighted by atomic mass is 32.2. The molecule has 1 saturated heterocycles. The van der Waals surface area contributed by atoms with Gasteiger partial charge < -0.3 is 24.8 Å². The van der Waals surface area contributed by atoms with Gasteiger partial charge in [0.1, 0.15) is 35.0 Å². The molecule has 3 heterocycles. The van der Waals surface area contributed by atoms with E-state index in [0.717, 1.165) is 13.8 Å². The van der Waals surface area contributed by atoms with E-state index in [0.29, 0.717) is 53.5 Å². The summed E-state index contributed by atoms with van der Waals surface area (Å²) in [5.74, 6) is -3.24. The van der Waals surface area contributed by atoms with Crippen molar-refractivity contribution in [2.75, 3.05) is 13.7 Å². The summed E-state index contributed by atoms with van der Waals surface area (Å²) in [6.45, 7) is 7.15. The van der Waals surface area contributed by atoms with Gasteiger partial charge in [-0.25, -0.2) is 27.0 Å². The molecule has 0 unspecified atom stereocenters. The number of ether oxygens (including phenoxy) is 2. The molecule has 3 N–H and O–H groups in total. The molecule has 17 heteroatoms. The van der Waals surface area contributed by atoms with Crippen molar-refractivity contribution in [2.45, 2.75) is 126 Å². The average molecular weight is 818 g/mol. The molecule has 2 aliphatic carbocycles. The number of benzene rings is 1. The largest absolute Gasteiger partial charge is 0.494 e. The quantitative estimate of drug-likeness (QED) is 0.268. The van der Waals surface area contributed by atoms with Crippen LogP contribution in [0.25, 0.3) is 10.8 Å². The standard InChI is InChI=1S/C40H53F2N5O9S/c1-7-24-18-23(2)12-8-9-13-25-20-40(25,36(50)45-57(53,54)39(5)16-17-39)44-32(48)29-19-26(56-33-28-15-11-10-14-27(28)30(55-6)21-43-33)22-46(29)34(49)31(24)47(37(51)52)38(3,4)35(41)42/h9-11,13-15,21,23-26,29,31,35H,7-8,12,16-20,22H2,1-6H3,(H,44,48)(H,45,50)(H,51,52)/t23-,24+,25+,26+,29-,31-,40+/m0/s1. The zero-order valence-electron chi connectivity index (χ0n) is 33.2. The number of carbonyl (C=O) groups excluding carboxylic acids is 3. The predicted molar refractivity (Wildman–Crippen MR) is 206 cm³/mol. The summed E-state index contributed by atoms with van der Waals surface area (Å²) in [7, 11) is -2.58. The van der Waals surface area contributed by atoms with Crippen LogP contribution in [0.2, 0.25) is 0 Å². The Balaban J connectivity index is 1.43. The Bertz CT molecular complexity index is 2040. The zero-order chi connectivity index (χ0) is 41.7. The Kier molecular flexibility index (Phi) is 11.6. The fourth-order valence-corrected chi connectivity index (χ4v) is 9.62. The van der Waals surface area contributed by atoms with E-state index in [1.165, 1.54) is 18.2 Å². The second kappa shape index (κ2) is 15.7. The number of hydrogen-bond acceptors (Lipinski definition) is 9. The molecule has 1 aromatic heterocycles. The van der Waals surface area contributed by atoms with Crippen molar-refractivity contribution in [1.82, 2.24) is 24.8 Å². The number of carboxylic acid groups (broad SMARTS) is 1. The van der Waals surface area contributed by atoms with E-state index in [1.54, 1.807) is 32.1 Å². The summed E-state index contributed by atoms with van der Waals surface area (Å²) in [5, 5.41) is 14.7. The van der Waals surface area contributed by atoms with Crippen molar-refractivity contribution in [1.29, 1.82) is 0 Å². The summed E-state index contributed by atoms with van der Waals surface area (Å²) in [6.07, 6.45) is 1.78. The van der Waals surface area contributed by atoms with E-state index >= 15 is 4.79 Å². The molecule has 3 fully saturated rings. The first-order chi connectivity index (χ1) is 26.8. The highest BCUT2D eigenvalue weighted by molar-refractivity contribution is 7.91. The Morgan fingerprint density at radius 2 is 1.86 bits per heavy atom. The van der Waals surface area contributed by atoms with E-state index in [1.807, 2.05) is 25.1 Å². The molecule has 14 nitrogen and oxygen atoms in total. The number of allylic oxidation sites excluding steroid dienone is 1. The molecular weight excluding hydrogens is 765 g/mol. The van der Waals surface area contributed by atoms with Gasteiger partial charge in [-0.05, 0) is 77.2 Å². The lowest BCUT2D eigenvalue weighted by Crippen LogP contribution is -2.65. The lowest BCUT2D eigenvalue weighted by Gasteiger charge is -2.45. The van der Waals surface area contributed by atoms with Crippen molar-refractivity contribution < 1.29 is 51.0 Å². The average Bonchev–Trinajstić information content (AvgIpc) is 4.04. The number of halogens is 2. The maximum absolute atomic E-state index is 15.1. The van der Waals surface area contributed by atoms with Gasteiger partial charge in [-0.3, -0.25) is 24.0 Å². The molecule has 2 aliphatic heterocycles. The highest BCUT2D eigenvalue weighted by Crippen LogP contribution is 2.48. The van der Waals surface area contributed by atoms with Gasteiger partial charge in [-0.15, -0.1) is 0 Å². The number of sulfonamides is 1. The number of pyridine rings is 1. The van der Waals surface area contributed by atoms with Crippen LogP contribution in [-0.4, -0.2) is 106 Å². The van der Waals surface area contributed by atoms with Gasteiger partial charge in [0.05, 0.1) is 24.6 Å². The van der Waals surface area contributed by atoms with Gasteiger partial charge in [-0.2, -0.15) is 0 Å². The van der Waals surface area contributed by atoms with Crippen molar-refractivity contribution in [3.8, 4) is 11.6 Å². The molecule has 57 heavy (non-hydrogen) atoms. The normalized spacial score (nSPS) is 29.0. The van der Waals surface area contributed by atoms with Crippen LogP contribution in [0, 0.1) is 17.8 Å². The smallest absolute Gasteiger partial charge is 0.408 e. The number of nitrogens with zero attached hydrogens (tertiary/aromatic N) is 3. The third kappa shape index (κ3) is 8.00. The first-order valence-corrected chi connectivity index (χ1v) is 21.0. The zero-order valence-corrected chi connectivity index (χ0v) is 34.0. The van der Waals surface area contributed by atoms with Gasteiger partial charge in [0.15, 0.2) is 0 Å². The molecule has 7 atom stereocenters. The molecule has 312 valence electrons. The van der Waals surface area contributed by atoms with E-state index in [-0.39, 0.29) is 37.6 Å². The number of methoxy groups -OCH3 is 1. The first-order valence-electron chi connectivity index (χ1n) is 19.5. The Morgan fingerprint density at radius 1 is 1.18 bits per heavy atom. The van der Waals surface area contributed by atoms with Crippen LogP contribution < -0.4 is 19.5 Å². The number of hydrogen-bond donors (Lipinski definition) is 3. The monoisotopic (exact) mass is 817 g/mol. The number of carbonyl (C=O) groups is 4. The Labute approximate surface area is 331 Å². The Hall–Kier alpha value is -4.54. The minimum atomic E-state index is -4.08. The van der Waals surface area contributed by atoms with E-state index in [2.05, 4.69) is 15.0 Å². The van der Waals surface area contributed by atoms with Crippen molar-refractivity contribution in [3.63, 3.8) is 0 Å². The molecule has 0 spiro atoms. The fraction of sp³-hybridized carbons (Fsp3) is 0.625. The maximum atomic E-state index is 15.1. The summed E-state index contributed by atoms with van der Waals surface area (Å²) in [5.41, 5.74) is -3.96. The molecule has 4 amide bonds. The van der Waals surface area contributed by atoms with Gasteiger partial charge in [0.2, 0.25) is 27.7 Å². The SMILES string of the molecule is CC[C@@H]1C[C@@H](C)CCC=C[C@@H]2C[C@@]2(C(=O)NS(=O)(=O)C2(C)CC2)NC(=O)[C@@H]2C[C@@H](Oc3ncc(OC)c4ccccc34)CN2C(=O)[C@H]1N(C(=O)O)C(C)(C)C(F)F. The molecule has 6 rings (SSSR count). The summed E-state index contributed by atoms with van der Waals surface area (Å²) >= 11 is 0. The van der Waals surface area contributed by atoms with Gasteiger partial charge in [-0.1, -0.05) is 50.6 Å². The van der Waals surface area contributed by atoms with Crippen molar-refractivity contribution in [3.05, 3.63) is 42.6 Å². The van der Waals surface area contributed by atoms with Crippen LogP contribution >= 0.6 is 0 Å². The van der Waals surface area contributed by atoms with E-state index < -0.39 is 86.1 Å². The maximum Gasteiger partial charge on any atom is 0.408 e. The second-order valence-electron chi connectivity index (χ2n) is 16.9. The number of amides is 4. The third-order valence-electron chi connectivity index (χ3n) is 12.4. The molecule has 2 aromatic rings. The van der Waals surface area contributed by atoms with E-state index in [4.69, 9.17) is 9.47 Å². The predicted octanol–water partition coefficient (Wildman–Crippen LogP) is 5.26. The van der Waals surface area contributed by atoms with Crippen molar-refractivity contribution in [2.24, 2.45) is 17.8 Å². The second-order valence-corrected chi connectivity index (χ2v) is 19.1. The van der Waals surface area contributed by atoms with E-state index in [9.17, 15) is 36.7 Å². The van der Waals surface area contributed by atoms with Gasteiger partial charge in [0, 0.05) is 23.1 Å². The first kappa shape index (κ1) is 42.1. The summed E-state index contributed by atoms with van der Waals surface area (Å²) in [4.78, 5) is 62.9. The van der Waals surface area contributed by atoms with Crippen LogP contribution in [0.1, 0.15) is 86.0 Å². The van der Waals surface area contributed by atoms with Crippen LogP contribution in [0.4, 0.5) is 13.6 Å². The summed E-state index contributed by atoms with van der Waals surface area (Å²) in [6, 6.07) is 4.19. The Morgan fingerprint density at radius 3 is 2.47 bits per heavy atom. The fourth-order valence-electron chi connectivity index (χ4n) is 8.31. The number of alkyl halides is 2. The number of rotatable bonds is 10. The lowest BCUT2D eigenvalue weighted by molar-refractivity contribution is -0.149. The van der Waals surface area contributed by atoms with Crippen LogP contribution in [0.15, 0.2) is 42.6 Å². The van der Waals surface area contributed by atoms with Crippen LogP contribution in [0.5, 0.6) is 11.6 Å². The molecule has 2 saturated carbocycles. The third-order valence-corrected chi connectivity index (χ3v) is 14.6. The lowest BCUT2D eigenvalue weighted by atomic mass is 9.82. The van der Waals surface area contributed by atoms with Crippen LogP contribution in [0.3, 0.4) is 0 Å². The molecule has 4 aliphatic rings. The molecule has 0 bridgehead atoms. The number of nitrogens with one attached hydrogen (secondary N) is 2. The molecule has 1 aromatic carbocycles. The van der Waals surface area contributed by atoms with Gasteiger partial charge in [0.25, 0.3) is 12.3 Å². The van der Waals surface area contributed by atoms with Crippen molar-refractivity contribution >= 4 is 44.6 Å². The minimum absolute atomic E-state index is 0.0818. The topological polar surface area (TPSA) is 185 Å². The van der Waals surface area contributed by atoms with Crippen LogP contribution in [-0.2, 0) is 24.4 Å². The molecular formula is C40H53F2N5O9S. The number of aromatic nitrogens is 1. The minimum Gasteiger partial charge on any atom is -0.494 e. The summed E-state index contributed by atoms with van der Waals surface area (Å²) < 4.78 is 68.9.